The predicted octanol–water partition coefficient (Wildman–Crippen LogP) is 6.88. The van der Waals surface area contributed by atoms with Crippen LogP contribution >= 0.6 is 24.0 Å². The van der Waals surface area contributed by atoms with E-state index in [2.05, 4.69) is 47.4 Å². The number of nitrogens with zero attached hydrogens (tertiary/aromatic N) is 2. The number of rotatable bonds is 7. The van der Waals surface area contributed by atoms with E-state index in [1.165, 1.54) is 16.7 Å². The van der Waals surface area contributed by atoms with Crippen LogP contribution in [-0.2, 0) is 19.4 Å². The Morgan fingerprint density at radius 1 is 0.789 bits per heavy atom. The molecule has 1 saturated heterocycles. The van der Waals surface area contributed by atoms with Crippen LogP contribution in [0.15, 0.2) is 72.8 Å². The summed E-state index contributed by atoms with van der Waals surface area (Å²) in [6.45, 7) is 4.54. The minimum atomic E-state index is 0. The number of carbonyl (C=O) groups is 2. The van der Waals surface area contributed by atoms with E-state index < -0.39 is 0 Å². The summed E-state index contributed by atoms with van der Waals surface area (Å²) in [6, 6.07) is 24.1. The van der Waals surface area contributed by atoms with Gasteiger partial charge in [-0.25, -0.2) is 0 Å². The molecule has 3 aromatic carbocycles. The average molecular weight is 552 g/mol. The SMILES string of the molecule is Cl.O=C(CCC1CCN(C(=O)c2ccc(Cl)cc2)CC1)c1ccc2c(c1)CCN(Cc1ccccc1)CC2. The highest BCUT2D eigenvalue weighted by atomic mass is 35.5. The summed E-state index contributed by atoms with van der Waals surface area (Å²) in [4.78, 5) is 30.3. The number of halogens is 2. The van der Waals surface area contributed by atoms with E-state index in [4.69, 9.17) is 11.6 Å². The van der Waals surface area contributed by atoms with Gasteiger partial charge in [0.1, 0.15) is 0 Å². The van der Waals surface area contributed by atoms with Gasteiger partial charge in [-0.3, -0.25) is 14.5 Å². The smallest absolute Gasteiger partial charge is 0.253 e. The second-order valence-electron chi connectivity index (χ2n) is 10.4. The minimum Gasteiger partial charge on any atom is -0.339 e. The van der Waals surface area contributed by atoms with E-state index in [0.717, 1.165) is 70.4 Å². The summed E-state index contributed by atoms with van der Waals surface area (Å²) in [5, 5.41) is 0.638. The van der Waals surface area contributed by atoms with Crippen LogP contribution in [0, 0.1) is 5.92 Å². The quantitative estimate of drug-likeness (QED) is 0.301. The van der Waals surface area contributed by atoms with E-state index in [-0.39, 0.29) is 24.1 Å². The van der Waals surface area contributed by atoms with Crippen molar-refractivity contribution in [1.82, 2.24) is 9.80 Å². The van der Waals surface area contributed by atoms with E-state index in [9.17, 15) is 9.59 Å². The first-order valence-electron chi connectivity index (χ1n) is 13.5. The molecule has 0 aliphatic carbocycles. The third-order valence-electron chi connectivity index (χ3n) is 7.94. The van der Waals surface area contributed by atoms with Crippen molar-refractivity contribution in [2.75, 3.05) is 26.2 Å². The van der Waals surface area contributed by atoms with Gasteiger partial charge in [-0.05, 0) is 85.0 Å². The van der Waals surface area contributed by atoms with Gasteiger partial charge in [0, 0.05) is 55.3 Å². The van der Waals surface area contributed by atoms with Crippen LogP contribution in [-0.4, -0.2) is 47.7 Å². The molecule has 3 aromatic rings. The maximum atomic E-state index is 13.1. The summed E-state index contributed by atoms with van der Waals surface area (Å²) >= 11 is 5.95. The summed E-state index contributed by atoms with van der Waals surface area (Å²) in [7, 11) is 0. The van der Waals surface area contributed by atoms with Gasteiger partial charge in [0.15, 0.2) is 5.78 Å². The molecule has 2 heterocycles. The zero-order valence-electron chi connectivity index (χ0n) is 21.8. The Balaban J connectivity index is 0.00000336. The lowest BCUT2D eigenvalue weighted by Gasteiger charge is -2.32. The van der Waals surface area contributed by atoms with Crippen molar-refractivity contribution in [2.24, 2.45) is 5.92 Å². The highest BCUT2D eigenvalue weighted by molar-refractivity contribution is 6.30. The predicted molar refractivity (Wildman–Crippen MR) is 156 cm³/mol. The van der Waals surface area contributed by atoms with Crippen molar-refractivity contribution in [2.45, 2.75) is 45.1 Å². The molecular weight excluding hydrogens is 515 g/mol. The molecule has 0 aromatic heterocycles. The average Bonchev–Trinajstić information content (AvgIpc) is 3.14. The van der Waals surface area contributed by atoms with Crippen LogP contribution < -0.4 is 0 Å². The summed E-state index contributed by atoms with van der Waals surface area (Å²) < 4.78 is 0. The Labute approximate surface area is 237 Å². The summed E-state index contributed by atoms with van der Waals surface area (Å²) in [5.74, 6) is 0.803. The van der Waals surface area contributed by atoms with Crippen LogP contribution in [0.1, 0.15) is 63.1 Å². The maximum absolute atomic E-state index is 13.1. The third kappa shape index (κ3) is 7.25. The Hall–Kier alpha value is -2.66. The monoisotopic (exact) mass is 550 g/mol. The molecule has 0 saturated carbocycles. The van der Waals surface area contributed by atoms with Gasteiger partial charge in [0.05, 0.1) is 0 Å². The van der Waals surface area contributed by atoms with Crippen molar-refractivity contribution >= 4 is 35.7 Å². The first-order valence-corrected chi connectivity index (χ1v) is 13.9. The van der Waals surface area contributed by atoms with Crippen LogP contribution in [0.4, 0.5) is 0 Å². The zero-order valence-corrected chi connectivity index (χ0v) is 23.4. The molecule has 2 aliphatic rings. The van der Waals surface area contributed by atoms with Crippen molar-refractivity contribution in [3.63, 3.8) is 0 Å². The first-order chi connectivity index (χ1) is 18.0. The largest absolute Gasteiger partial charge is 0.339 e. The lowest BCUT2D eigenvalue weighted by Crippen LogP contribution is -2.38. The third-order valence-corrected chi connectivity index (χ3v) is 8.20. The number of benzene rings is 3. The normalized spacial score (nSPS) is 16.3. The molecule has 1 fully saturated rings. The second-order valence-corrected chi connectivity index (χ2v) is 10.9. The number of ketones is 1. The molecule has 0 spiro atoms. The van der Waals surface area contributed by atoms with Crippen LogP contribution in [0.5, 0.6) is 0 Å². The molecule has 6 heteroatoms. The Morgan fingerprint density at radius 2 is 1.45 bits per heavy atom. The summed E-state index contributed by atoms with van der Waals surface area (Å²) in [5.41, 5.74) is 5.60. The Kier molecular flexibility index (Phi) is 10.0. The number of carbonyl (C=O) groups excluding carboxylic acids is 2. The maximum Gasteiger partial charge on any atom is 0.253 e. The molecular formula is C32H36Cl2N2O2. The fourth-order valence-electron chi connectivity index (χ4n) is 5.62. The van der Waals surface area contributed by atoms with Crippen LogP contribution in [0.25, 0.3) is 0 Å². The highest BCUT2D eigenvalue weighted by Crippen LogP contribution is 2.26. The van der Waals surface area contributed by atoms with E-state index in [1.54, 1.807) is 24.3 Å². The molecule has 38 heavy (non-hydrogen) atoms. The van der Waals surface area contributed by atoms with Gasteiger partial charge in [-0.15, -0.1) is 12.4 Å². The molecule has 0 N–H and O–H groups in total. The van der Waals surface area contributed by atoms with Crippen molar-refractivity contribution in [3.8, 4) is 0 Å². The number of amides is 1. The molecule has 4 nitrogen and oxygen atoms in total. The Bertz CT molecular complexity index is 1220. The molecule has 200 valence electrons. The topological polar surface area (TPSA) is 40.6 Å². The van der Waals surface area contributed by atoms with Crippen molar-refractivity contribution in [3.05, 3.63) is 106 Å². The second kappa shape index (κ2) is 13.4. The number of piperidine rings is 1. The number of hydrogen-bond donors (Lipinski definition) is 0. The molecule has 0 unspecified atom stereocenters. The van der Waals surface area contributed by atoms with Crippen molar-refractivity contribution in [1.29, 1.82) is 0 Å². The van der Waals surface area contributed by atoms with Crippen LogP contribution in [0.3, 0.4) is 0 Å². The minimum absolute atomic E-state index is 0. The van der Waals surface area contributed by atoms with E-state index >= 15 is 0 Å². The van der Waals surface area contributed by atoms with Crippen molar-refractivity contribution < 1.29 is 9.59 Å². The van der Waals surface area contributed by atoms with Gasteiger partial charge < -0.3 is 4.90 Å². The zero-order chi connectivity index (χ0) is 25.6. The molecule has 1 amide bonds. The fraction of sp³-hybridized carbons (Fsp3) is 0.375. The van der Waals surface area contributed by atoms with Gasteiger partial charge in [-0.1, -0.05) is 54.1 Å². The molecule has 5 rings (SSSR count). The number of hydrogen-bond acceptors (Lipinski definition) is 3. The number of likely N-dealkylation sites (tertiary alicyclic amines) is 1. The Morgan fingerprint density at radius 3 is 2.16 bits per heavy atom. The molecule has 2 aliphatic heterocycles. The molecule has 0 bridgehead atoms. The van der Waals surface area contributed by atoms with Gasteiger partial charge >= 0.3 is 0 Å². The number of Topliss-reactive ketones (excluding diaryl/α,β-unsaturated/α-hetero) is 1. The lowest BCUT2D eigenvalue weighted by atomic mass is 9.89. The number of fused-ring (bicyclic) bond motifs is 1. The molecule has 0 radical (unpaired) electrons. The van der Waals surface area contributed by atoms with Gasteiger partial charge in [-0.2, -0.15) is 0 Å². The fourth-order valence-corrected chi connectivity index (χ4v) is 5.75. The van der Waals surface area contributed by atoms with E-state index in [1.807, 2.05) is 11.0 Å². The molecule has 0 atom stereocenters. The van der Waals surface area contributed by atoms with Crippen LogP contribution in [0.2, 0.25) is 5.02 Å². The van der Waals surface area contributed by atoms with Gasteiger partial charge in [0.2, 0.25) is 0 Å². The lowest BCUT2D eigenvalue weighted by molar-refractivity contribution is 0.0681. The van der Waals surface area contributed by atoms with Gasteiger partial charge in [0.25, 0.3) is 5.91 Å². The van der Waals surface area contributed by atoms with E-state index in [0.29, 0.717) is 22.9 Å². The standard InChI is InChI=1S/C32H35ClN2O2.ClH/c33-30-11-9-27(10-12-30)32(37)35-20-14-24(15-21-35)6-13-31(36)29-8-7-26-16-18-34(19-17-28(26)22-29)23-25-4-2-1-3-5-25;/h1-5,7-12,22,24H,6,13-21,23H2;1H. The summed E-state index contributed by atoms with van der Waals surface area (Å²) in [6.07, 6.45) is 5.40. The highest BCUT2D eigenvalue weighted by Gasteiger charge is 2.24. The first kappa shape index (κ1) is 28.4.